The Kier molecular flexibility index (Phi) is 9.41. The van der Waals surface area contributed by atoms with E-state index in [2.05, 4.69) is 0 Å². The third-order valence-corrected chi connectivity index (χ3v) is 8.39. The first kappa shape index (κ1) is 29.2. The van der Waals surface area contributed by atoms with E-state index in [-0.39, 0.29) is 51.0 Å². The number of aliphatic carboxylic acids is 1. The van der Waals surface area contributed by atoms with Gasteiger partial charge < -0.3 is 20.0 Å². The van der Waals surface area contributed by atoms with Gasteiger partial charge in [0.1, 0.15) is 0 Å². The van der Waals surface area contributed by atoms with Crippen LogP contribution >= 0.6 is 23.2 Å². The predicted octanol–water partition coefficient (Wildman–Crippen LogP) is 5.22. The number of halogens is 2. The molecule has 2 fully saturated rings. The maximum Gasteiger partial charge on any atom is 0.324 e. The van der Waals surface area contributed by atoms with Crippen molar-refractivity contribution in [2.45, 2.75) is 45.6 Å². The minimum atomic E-state index is -1.02. The summed E-state index contributed by atoms with van der Waals surface area (Å²) in [5, 5.41) is 20.1. The van der Waals surface area contributed by atoms with Crippen LogP contribution in [0.3, 0.4) is 0 Å². The largest absolute Gasteiger partial charge is 0.481 e. The number of hydrogen-bond donors (Lipinski definition) is 2. The first-order chi connectivity index (χ1) is 18.6. The molecule has 3 amide bonds. The van der Waals surface area contributed by atoms with Crippen LogP contribution in [0.4, 0.5) is 10.5 Å². The number of rotatable bonds is 9. The topological polar surface area (TPSA) is 101 Å². The van der Waals surface area contributed by atoms with Gasteiger partial charge in [0.05, 0.1) is 6.42 Å². The lowest BCUT2D eigenvalue weighted by atomic mass is 9.77. The molecule has 2 aliphatic heterocycles. The van der Waals surface area contributed by atoms with Gasteiger partial charge in [-0.1, -0.05) is 47.0 Å². The fourth-order valence-corrected chi connectivity index (χ4v) is 6.16. The Hall–Kier alpha value is -2.81. The monoisotopic (exact) mass is 575 g/mol. The summed E-state index contributed by atoms with van der Waals surface area (Å²) < 4.78 is 0. The van der Waals surface area contributed by atoms with Crippen molar-refractivity contribution in [3.05, 3.63) is 63.6 Å². The van der Waals surface area contributed by atoms with Crippen molar-refractivity contribution in [1.82, 2.24) is 9.80 Å². The van der Waals surface area contributed by atoms with Crippen LogP contribution in [0.15, 0.2) is 42.5 Å². The molecule has 2 heterocycles. The van der Waals surface area contributed by atoms with Crippen molar-refractivity contribution in [2.75, 3.05) is 37.7 Å². The Balaban J connectivity index is 1.65. The molecule has 39 heavy (non-hydrogen) atoms. The molecule has 0 radical (unpaired) electrons. The van der Waals surface area contributed by atoms with Gasteiger partial charge in [0.25, 0.3) is 0 Å². The molecular formula is C29H35Cl2N3O5. The van der Waals surface area contributed by atoms with E-state index in [1.165, 1.54) is 0 Å². The van der Waals surface area contributed by atoms with E-state index in [1.807, 2.05) is 31.2 Å². The number of carboxylic acid groups (broad SMARTS) is 1. The second-order valence-corrected chi connectivity index (χ2v) is 11.7. The molecule has 0 aromatic heterocycles. The van der Waals surface area contributed by atoms with E-state index >= 15 is 0 Å². The third kappa shape index (κ3) is 7.24. The van der Waals surface area contributed by atoms with E-state index in [4.69, 9.17) is 23.2 Å². The highest BCUT2D eigenvalue weighted by molar-refractivity contribution is 6.35. The zero-order valence-corrected chi connectivity index (χ0v) is 23.6. The van der Waals surface area contributed by atoms with Gasteiger partial charge in [-0.25, -0.2) is 4.79 Å². The summed E-state index contributed by atoms with van der Waals surface area (Å²) >= 11 is 12.5. The summed E-state index contributed by atoms with van der Waals surface area (Å²) in [6.45, 7) is 3.61. The fourth-order valence-electron chi connectivity index (χ4n) is 5.69. The van der Waals surface area contributed by atoms with Crippen molar-refractivity contribution < 1.29 is 24.6 Å². The molecule has 2 N–H and O–H groups in total. The van der Waals surface area contributed by atoms with Crippen molar-refractivity contribution in [3.8, 4) is 0 Å². The molecule has 0 saturated carbocycles. The van der Waals surface area contributed by atoms with Gasteiger partial charge in [0.15, 0.2) is 0 Å². The van der Waals surface area contributed by atoms with Crippen LogP contribution in [-0.4, -0.2) is 70.7 Å². The lowest BCUT2D eigenvalue weighted by Crippen LogP contribution is -2.60. The SMILES string of the molecule is Cc1ccc(N2CC(CC(=O)O)(CC(=O)N3CCC(CCO)CC3)CN(Cc3ccc(Cl)cc3Cl)C2=O)cc1. The molecule has 1 unspecified atom stereocenters. The second kappa shape index (κ2) is 12.6. The highest BCUT2D eigenvalue weighted by Crippen LogP contribution is 2.38. The number of carbonyl (C=O) groups excluding carboxylic acids is 2. The molecule has 4 rings (SSSR count). The number of nitrogens with zero attached hydrogens (tertiary/aromatic N) is 3. The highest BCUT2D eigenvalue weighted by atomic mass is 35.5. The molecule has 2 aromatic rings. The van der Waals surface area contributed by atoms with Crippen LogP contribution in [0.5, 0.6) is 0 Å². The molecular weight excluding hydrogens is 541 g/mol. The Morgan fingerprint density at radius 1 is 1.03 bits per heavy atom. The van der Waals surface area contributed by atoms with Crippen molar-refractivity contribution >= 4 is 46.8 Å². The molecule has 10 heteroatoms. The van der Waals surface area contributed by atoms with E-state index in [0.29, 0.717) is 40.3 Å². The van der Waals surface area contributed by atoms with E-state index in [1.54, 1.807) is 32.9 Å². The summed E-state index contributed by atoms with van der Waals surface area (Å²) in [6, 6.07) is 12.3. The minimum absolute atomic E-state index is 0.00442. The summed E-state index contributed by atoms with van der Waals surface area (Å²) in [5.74, 6) is -0.746. The maximum atomic E-state index is 13.8. The van der Waals surface area contributed by atoms with Crippen LogP contribution in [0, 0.1) is 18.3 Å². The van der Waals surface area contributed by atoms with Gasteiger partial charge in [-0.05, 0) is 61.9 Å². The van der Waals surface area contributed by atoms with Crippen molar-refractivity contribution in [1.29, 1.82) is 0 Å². The number of benzene rings is 2. The zero-order valence-electron chi connectivity index (χ0n) is 22.1. The number of aliphatic hydroxyl groups is 1. The van der Waals surface area contributed by atoms with Gasteiger partial charge in [-0.3, -0.25) is 14.5 Å². The summed E-state index contributed by atoms with van der Waals surface area (Å²) in [4.78, 5) is 44.5. The predicted molar refractivity (Wildman–Crippen MR) is 151 cm³/mol. The van der Waals surface area contributed by atoms with Gasteiger partial charge in [0, 0.05) is 66.9 Å². The Labute approximate surface area is 239 Å². The van der Waals surface area contributed by atoms with Gasteiger partial charge >= 0.3 is 12.0 Å². The lowest BCUT2D eigenvalue weighted by molar-refractivity contribution is -0.142. The Morgan fingerprint density at radius 3 is 2.33 bits per heavy atom. The molecule has 0 spiro atoms. The van der Waals surface area contributed by atoms with Gasteiger partial charge in [-0.15, -0.1) is 0 Å². The first-order valence-corrected chi connectivity index (χ1v) is 14.0. The van der Waals surface area contributed by atoms with Crippen LogP contribution in [0.2, 0.25) is 10.0 Å². The number of hydrogen-bond acceptors (Lipinski definition) is 4. The number of urea groups is 1. The van der Waals surface area contributed by atoms with Crippen LogP contribution < -0.4 is 4.90 Å². The average Bonchev–Trinajstić information content (AvgIpc) is 2.88. The lowest BCUT2D eigenvalue weighted by Gasteiger charge is -2.47. The number of carbonyl (C=O) groups is 3. The van der Waals surface area contributed by atoms with E-state index < -0.39 is 11.4 Å². The van der Waals surface area contributed by atoms with Gasteiger partial charge in [-0.2, -0.15) is 0 Å². The average molecular weight is 577 g/mol. The molecule has 2 aromatic carbocycles. The summed E-state index contributed by atoms with van der Waals surface area (Å²) in [6.07, 6.45) is 2.09. The molecule has 210 valence electrons. The maximum absolute atomic E-state index is 13.8. The van der Waals surface area contributed by atoms with E-state index in [0.717, 1.165) is 24.8 Å². The van der Waals surface area contributed by atoms with E-state index in [9.17, 15) is 24.6 Å². The van der Waals surface area contributed by atoms with Crippen LogP contribution in [0.25, 0.3) is 0 Å². The number of piperidine rings is 1. The molecule has 1 atom stereocenters. The zero-order chi connectivity index (χ0) is 28.2. The fraction of sp³-hybridized carbons (Fsp3) is 0.483. The summed E-state index contributed by atoms with van der Waals surface area (Å²) in [7, 11) is 0. The molecule has 8 nitrogen and oxygen atoms in total. The molecule has 2 aliphatic rings. The minimum Gasteiger partial charge on any atom is -0.481 e. The van der Waals surface area contributed by atoms with Crippen molar-refractivity contribution in [2.24, 2.45) is 11.3 Å². The number of aryl methyl sites for hydroxylation is 1. The number of aliphatic hydroxyl groups excluding tert-OH is 1. The Bertz CT molecular complexity index is 1200. The molecule has 0 bridgehead atoms. The second-order valence-electron chi connectivity index (χ2n) is 10.9. The standard InChI is InChI=1S/C29H35Cl2N3O5/c1-20-2-6-24(7-3-20)34-19-29(16-27(37)38,15-26(36)32-11-8-21(9-12-32)10-13-35)18-33(28(34)39)17-22-4-5-23(30)14-25(22)31/h2-7,14,21,35H,8-13,15-19H2,1H3,(H,37,38). The van der Waals surface area contributed by atoms with Crippen LogP contribution in [0.1, 0.15) is 43.2 Å². The van der Waals surface area contributed by atoms with Crippen LogP contribution in [-0.2, 0) is 16.1 Å². The first-order valence-electron chi connectivity index (χ1n) is 13.3. The summed E-state index contributed by atoms with van der Waals surface area (Å²) in [5.41, 5.74) is 1.35. The van der Waals surface area contributed by atoms with Gasteiger partial charge in [0.2, 0.25) is 5.91 Å². The number of anilines is 1. The number of likely N-dealkylation sites (tertiary alicyclic amines) is 1. The van der Waals surface area contributed by atoms with Crippen molar-refractivity contribution in [3.63, 3.8) is 0 Å². The third-order valence-electron chi connectivity index (χ3n) is 7.80. The molecule has 2 saturated heterocycles. The normalized spacial score (nSPS) is 20.4. The highest BCUT2D eigenvalue weighted by Gasteiger charge is 2.47. The number of amides is 3. The molecule has 0 aliphatic carbocycles. The number of carboxylic acids is 1. The Morgan fingerprint density at radius 2 is 1.72 bits per heavy atom. The quantitative estimate of drug-likeness (QED) is 0.427. The smallest absolute Gasteiger partial charge is 0.324 e.